The third-order valence-electron chi connectivity index (χ3n) is 10.3. The lowest BCUT2D eigenvalue weighted by molar-refractivity contribution is -0.161. The smallest absolute Gasteiger partial charge is 0.462 e. The molecule has 0 aliphatic carbocycles. The Bertz CT molecular complexity index is 1430. The topological polar surface area (TPSA) is 155 Å². The van der Waals surface area contributed by atoms with Crippen molar-refractivity contribution in [3.05, 3.63) is 85.1 Å². The molecule has 0 fully saturated rings. The molecule has 11 nitrogen and oxygen atoms in total. The lowest BCUT2D eigenvalue weighted by Gasteiger charge is -2.21. The van der Waals surface area contributed by atoms with E-state index in [4.69, 9.17) is 23.3 Å². The number of hydrogen-bond acceptors (Lipinski definition) is 10. The monoisotopic (exact) mass is 947 g/mol. The summed E-state index contributed by atoms with van der Waals surface area (Å²) in [7, 11) is -4.76. The van der Waals surface area contributed by atoms with Crippen molar-refractivity contribution in [2.24, 2.45) is 0 Å². The number of aliphatic hydroxyl groups excluding tert-OH is 1. The molecule has 0 aliphatic rings. The van der Waals surface area contributed by atoms with Crippen LogP contribution in [0.25, 0.3) is 0 Å². The van der Waals surface area contributed by atoms with Crippen LogP contribution in [0.3, 0.4) is 0 Å². The summed E-state index contributed by atoms with van der Waals surface area (Å²) in [5.41, 5.74) is 0. The van der Waals surface area contributed by atoms with Gasteiger partial charge in [-0.15, -0.1) is 0 Å². The van der Waals surface area contributed by atoms with Crippen LogP contribution in [0, 0.1) is 0 Å². The molecule has 0 rings (SSSR count). The minimum Gasteiger partial charge on any atom is -0.462 e. The van der Waals surface area contributed by atoms with E-state index in [-0.39, 0.29) is 25.9 Å². The molecule has 0 aromatic heterocycles. The van der Waals surface area contributed by atoms with E-state index in [0.29, 0.717) is 19.3 Å². The van der Waals surface area contributed by atoms with Gasteiger partial charge in [0, 0.05) is 19.3 Å². The van der Waals surface area contributed by atoms with Crippen molar-refractivity contribution < 1.29 is 52.2 Å². The first-order valence-electron chi connectivity index (χ1n) is 25.5. The second-order valence-corrected chi connectivity index (χ2v) is 18.0. The Balaban J connectivity index is 4.85. The molecule has 3 unspecified atom stereocenters. The molecule has 0 spiro atoms. The van der Waals surface area contributed by atoms with Gasteiger partial charge in [-0.25, -0.2) is 4.57 Å². The zero-order chi connectivity index (χ0) is 48.4. The Labute approximate surface area is 400 Å². The predicted octanol–water partition coefficient (Wildman–Crippen LogP) is 14.4. The largest absolute Gasteiger partial charge is 0.472 e. The summed E-state index contributed by atoms with van der Waals surface area (Å²) in [6, 6.07) is 0. The number of aliphatic hydroxyl groups is 1. The van der Waals surface area contributed by atoms with Gasteiger partial charge in [-0.1, -0.05) is 170 Å². The van der Waals surface area contributed by atoms with Gasteiger partial charge in [-0.05, 0) is 96.3 Å². The summed E-state index contributed by atoms with van der Waals surface area (Å²) in [6.45, 7) is 4.31. The van der Waals surface area contributed by atoms with Crippen LogP contribution in [0.2, 0.25) is 0 Å². The number of allylic oxidation sites excluding steroid dienone is 14. The van der Waals surface area contributed by atoms with Crippen LogP contribution in [-0.2, 0) is 42.2 Å². The number of phosphoric acid groups is 1. The number of unbranched alkanes of at least 4 members (excludes halogenated alkanes) is 15. The lowest BCUT2D eigenvalue weighted by Crippen LogP contribution is -2.30. The van der Waals surface area contributed by atoms with E-state index in [0.717, 1.165) is 116 Å². The molecule has 0 aromatic carbocycles. The molecular weight excluding hydrogens is 856 g/mol. The second kappa shape index (κ2) is 48.1. The first-order valence-corrected chi connectivity index (χ1v) is 27.0. The summed E-state index contributed by atoms with van der Waals surface area (Å²) in [4.78, 5) is 48.2. The highest BCUT2D eigenvalue weighted by molar-refractivity contribution is 7.47. The van der Waals surface area contributed by atoms with Gasteiger partial charge in [-0.2, -0.15) is 0 Å². The molecule has 0 bridgehead atoms. The zero-order valence-electron chi connectivity index (χ0n) is 41.4. The Morgan fingerprint density at radius 1 is 0.439 bits per heavy atom. The Morgan fingerprint density at radius 2 is 0.848 bits per heavy atom. The highest BCUT2D eigenvalue weighted by Crippen LogP contribution is 2.43. The van der Waals surface area contributed by atoms with Crippen molar-refractivity contribution in [2.75, 3.05) is 26.4 Å². The maximum atomic E-state index is 12.8. The summed E-state index contributed by atoms with van der Waals surface area (Å²) in [5, 5.41) is 9.76. The zero-order valence-corrected chi connectivity index (χ0v) is 42.3. The number of esters is 3. The number of ether oxygens (including phenoxy) is 3. The van der Waals surface area contributed by atoms with Gasteiger partial charge < -0.3 is 24.2 Å². The van der Waals surface area contributed by atoms with Crippen molar-refractivity contribution in [1.82, 2.24) is 0 Å². The highest BCUT2D eigenvalue weighted by atomic mass is 31.2. The molecule has 0 saturated carbocycles. The SMILES string of the molecule is CC/C=C\C/C=C\C/C=C\C/C=C\CCC(=O)OCC(COP(=O)(O)OCC(CO)OC(=O)CCCCCCC/C=C\CCCCCC)OC(=O)CCCCCCC/C=C\C/C=C\CCC. The summed E-state index contributed by atoms with van der Waals surface area (Å²) < 4.78 is 39.2. The standard InChI is InChI=1S/C54H91O11P/c1-4-7-10-13-16-19-22-25-28-31-34-37-40-43-52(56)61-47-51(65-54(58)45-42-39-36-33-30-27-24-21-18-15-12-9-6-3)49-63-66(59,60)62-48-50(46-55)64-53(57)44-41-38-35-32-29-26-23-20-17-14-11-8-5-2/h7,10,12,15-16,19-21,23-25,28,34,37,50-51,55H,4-6,8-9,11,13-14,17-18,22,26-27,29-33,35-36,38-49H2,1-3H3,(H,59,60)/b10-7-,15-12-,19-16-,23-20-,24-21-,28-25-,37-34-. The average molecular weight is 947 g/mol. The summed E-state index contributed by atoms with van der Waals surface area (Å²) >= 11 is 0. The lowest BCUT2D eigenvalue weighted by atomic mass is 10.1. The van der Waals surface area contributed by atoms with Gasteiger partial charge in [0.05, 0.1) is 19.8 Å². The number of hydrogen-bond donors (Lipinski definition) is 2. The van der Waals surface area contributed by atoms with Crippen molar-refractivity contribution in [3.8, 4) is 0 Å². The third kappa shape index (κ3) is 45.8. The van der Waals surface area contributed by atoms with Crippen LogP contribution in [0.1, 0.15) is 201 Å². The van der Waals surface area contributed by atoms with E-state index in [1.54, 1.807) is 0 Å². The fraction of sp³-hybridized carbons (Fsp3) is 0.685. The van der Waals surface area contributed by atoms with E-state index in [9.17, 15) is 28.9 Å². The molecule has 0 amide bonds. The molecule has 2 N–H and O–H groups in total. The quantitative estimate of drug-likeness (QED) is 0.0197. The molecule has 378 valence electrons. The normalized spacial score (nSPS) is 14.2. The molecule has 0 aliphatic heterocycles. The Morgan fingerprint density at radius 3 is 1.35 bits per heavy atom. The fourth-order valence-electron chi connectivity index (χ4n) is 6.40. The minimum atomic E-state index is -4.76. The van der Waals surface area contributed by atoms with E-state index in [2.05, 4.69) is 93.7 Å². The van der Waals surface area contributed by atoms with E-state index in [1.165, 1.54) is 25.7 Å². The summed E-state index contributed by atoms with van der Waals surface area (Å²) in [6.07, 6.45) is 52.9. The molecule has 0 heterocycles. The molecule has 0 radical (unpaired) electrons. The fourth-order valence-corrected chi connectivity index (χ4v) is 7.18. The molecular formula is C54H91O11P. The first kappa shape index (κ1) is 62.7. The number of phosphoric ester groups is 1. The van der Waals surface area contributed by atoms with Crippen LogP contribution < -0.4 is 0 Å². The average Bonchev–Trinajstić information content (AvgIpc) is 3.30. The van der Waals surface area contributed by atoms with Crippen molar-refractivity contribution in [2.45, 2.75) is 213 Å². The van der Waals surface area contributed by atoms with Crippen LogP contribution in [0.15, 0.2) is 85.1 Å². The van der Waals surface area contributed by atoms with Gasteiger partial charge >= 0.3 is 25.7 Å². The second-order valence-electron chi connectivity index (χ2n) is 16.6. The molecule has 3 atom stereocenters. The van der Waals surface area contributed by atoms with Crippen LogP contribution in [0.4, 0.5) is 0 Å². The molecule has 0 saturated heterocycles. The van der Waals surface area contributed by atoms with Crippen molar-refractivity contribution in [3.63, 3.8) is 0 Å². The molecule has 66 heavy (non-hydrogen) atoms. The van der Waals surface area contributed by atoms with Crippen LogP contribution in [0.5, 0.6) is 0 Å². The van der Waals surface area contributed by atoms with E-state index < -0.39 is 57.8 Å². The van der Waals surface area contributed by atoms with Crippen LogP contribution in [-0.4, -0.2) is 66.5 Å². The number of rotatable bonds is 46. The van der Waals surface area contributed by atoms with Crippen LogP contribution >= 0.6 is 7.82 Å². The van der Waals surface area contributed by atoms with Crippen molar-refractivity contribution in [1.29, 1.82) is 0 Å². The van der Waals surface area contributed by atoms with E-state index >= 15 is 0 Å². The van der Waals surface area contributed by atoms with Gasteiger partial charge in [0.2, 0.25) is 0 Å². The minimum absolute atomic E-state index is 0.0988. The van der Waals surface area contributed by atoms with Gasteiger partial charge in [0.1, 0.15) is 12.7 Å². The Hall–Kier alpha value is -3.34. The highest BCUT2D eigenvalue weighted by Gasteiger charge is 2.28. The molecule has 0 aromatic rings. The predicted molar refractivity (Wildman–Crippen MR) is 270 cm³/mol. The Kier molecular flexibility index (Phi) is 45.7. The number of carbonyl (C=O) groups is 3. The maximum Gasteiger partial charge on any atom is 0.472 e. The first-order chi connectivity index (χ1) is 32.2. The van der Waals surface area contributed by atoms with Gasteiger partial charge in [0.25, 0.3) is 0 Å². The maximum absolute atomic E-state index is 12.8. The third-order valence-corrected chi connectivity index (χ3v) is 11.2. The van der Waals surface area contributed by atoms with Crippen molar-refractivity contribution >= 4 is 25.7 Å². The summed E-state index contributed by atoms with van der Waals surface area (Å²) in [5.74, 6) is -1.60. The van der Waals surface area contributed by atoms with Gasteiger partial charge in [0.15, 0.2) is 6.10 Å². The van der Waals surface area contributed by atoms with E-state index in [1.807, 2.05) is 12.2 Å². The number of carbonyl (C=O) groups excluding carboxylic acids is 3. The molecule has 12 heteroatoms. The van der Waals surface area contributed by atoms with Gasteiger partial charge in [-0.3, -0.25) is 23.4 Å².